The first-order valence-electron chi connectivity index (χ1n) is 8.33. The molecule has 1 atom stereocenters. The van der Waals surface area contributed by atoms with Crippen molar-refractivity contribution in [1.29, 1.82) is 0 Å². The van der Waals surface area contributed by atoms with E-state index in [-0.39, 0.29) is 18.3 Å². The Hall–Kier alpha value is -2.57. The lowest BCUT2D eigenvalue weighted by Crippen LogP contribution is -2.46. The molecule has 0 bridgehead atoms. The minimum absolute atomic E-state index is 0. The summed E-state index contributed by atoms with van der Waals surface area (Å²) in [6.07, 6.45) is 0. The molecular weight excluding hydrogens is 352 g/mol. The molecule has 0 spiro atoms. The Labute approximate surface area is 159 Å². The van der Waals surface area contributed by atoms with Crippen LogP contribution >= 0.6 is 12.4 Å². The maximum atomic E-state index is 12.2. The zero-order valence-corrected chi connectivity index (χ0v) is 15.4. The van der Waals surface area contributed by atoms with E-state index in [0.29, 0.717) is 12.2 Å². The monoisotopic (exact) mass is 374 g/mol. The molecule has 1 aliphatic rings. The number of halogens is 1. The molecule has 0 radical (unpaired) electrons. The van der Waals surface area contributed by atoms with Crippen LogP contribution in [-0.4, -0.2) is 18.0 Å². The molecule has 3 amide bonds. The third-order valence-electron chi connectivity index (χ3n) is 4.14. The van der Waals surface area contributed by atoms with Crippen LogP contribution in [0.3, 0.4) is 0 Å². The molecular formula is C19H23ClN4O2. The Kier molecular flexibility index (Phi) is 7.00. The molecule has 2 aromatic carbocycles. The summed E-state index contributed by atoms with van der Waals surface area (Å²) in [5.74, 6) is -0.221. The Morgan fingerprint density at radius 2 is 1.81 bits per heavy atom. The zero-order chi connectivity index (χ0) is 17.6. The number of urea groups is 1. The smallest absolute Gasteiger partial charge is 0.319 e. The summed E-state index contributed by atoms with van der Waals surface area (Å²) < 4.78 is 0. The normalized spacial score (nSPS) is 13.1. The van der Waals surface area contributed by atoms with Crippen molar-refractivity contribution < 1.29 is 9.59 Å². The molecule has 0 aromatic heterocycles. The van der Waals surface area contributed by atoms with E-state index in [1.54, 1.807) is 19.1 Å². The molecule has 26 heavy (non-hydrogen) atoms. The van der Waals surface area contributed by atoms with Crippen molar-refractivity contribution in [1.82, 2.24) is 16.0 Å². The van der Waals surface area contributed by atoms with Crippen LogP contribution in [0, 0.1) is 0 Å². The first kappa shape index (κ1) is 19.8. The molecule has 1 heterocycles. The Morgan fingerprint density at radius 3 is 2.58 bits per heavy atom. The van der Waals surface area contributed by atoms with Crippen molar-refractivity contribution in [2.24, 2.45) is 0 Å². The molecule has 2 aromatic rings. The number of carbonyl (C=O) groups excluding carboxylic acids is 2. The summed E-state index contributed by atoms with van der Waals surface area (Å²) >= 11 is 0. The van der Waals surface area contributed by atoms with Gasteiger partial charge in [0.15, 0.2) is 0 Å². The average molecular weight is 375 g/mol. The highest BCUT2D eigenvalue weighted by Gasteiger charge is 2.16. The molecule has 1 aliphatic heterocycles. The molecule has 3 rings (SSSR count). The number of amides is 3. The van der Waals surface area contributed by atoms with Crippen molar-refractivity contribution in [2.75, 3.05) is 5.32 Å². The largest absolute Gasteiger partial charge is 0.350 e. The molecule has 4 N–H and O–H groups in total. The van der Waals surface area contributed by atoms with Gasteiger partial charge in [-0.15, -0.1) is 12.4 Å². The molecule has 7 heteroatoms. The van der Waals surface area contributed by atoms with Gasteiger partial charge < -0.3 is 21.3 Å². The predicted octanol–water partition coefficient (Wildman–Crippen LogP) is 2.54. The number of para-hydroxylation sites is 1. The minimum Gasteiger partial charge on any atom is -0.350 e. The van der Waals surface area contributed by atoms with E-state index in [0.717, 1.165) is 18.7 Å². The van der Waals surface area contributed by atoms with Gasteiger partial charge in [-0.3, -0.25) is 4.79 Å². The maximum Gasteiger partial charge on any atom is 0.319 e. The Bertz CT molecular complexity index is 767. The quantitative estimate of drug-likeness (QED) is 0.649. The van der Waals surface area contributed by atoms with E-state index in [1.165, 1.54) is 11.1 Å². The summed E-state index contributed by atoms with van der Waals surface area (Å²) in [5.41, 5.74) is 4.32. The zero-order valence-electron chi connectivity index (χ0n) is 14.5. The van der Waals surface area contributed by atoms with E-state index >= 15 is 0 Å². The SMILES string of the molecule is CC(NC(=O)Nc1ccccc1)C(=O)NCc1ccc2c(c1)CNC2.Cl. The van der Waals surface area contributed by atoms with Crippen LogP contribution in [-0.2, 0) is 24.4 Å². The van der Waals surface area contributed by atoms with Crippen molar-refractivity contribution in [3.05, 3.63) is 65.2 Å². The minimum atomic E-state index is -0.625. The van der Waals surface area contributed by atoms with E-state index in [4.69, 9.17) is 0 Å². The van der Waals surface area contributed by atoms with Crippen LogP contribution in [0.4, 0.5) is 10.5 Å². The summed E-state index contributed by atoms with van der Waals surface area (Å²) in [5, 5.41) is 11.5. The molecule has 0 saturated heterocycles. The number of rotatable bonds is 5. The molecule has 138 valence electrons. The predicted molar refractivity (Wildman–Crippen MR) is 104 cm³/mol. The van der Waals surface area contributed by atoms with Gasteiger partial charge in [0.25, 0.3) is 0 Å². The van der Waals surface area contributed by atoms with E-state index < -0.39 is 12.1 Å². The maximum absolute atomic E-state index is 12.2. The molecule has 1 unspecified atom stereocenters. The highest BCUT2D eigenvalue weighted by atomic mass is 35.5. The van der Waals surface area contributed by atoms with Crippen LogP contribution in [0.2, 0.25) is 0 Å². The first-order valence-corrected chi connectivity index (χ1v) is 8.33. The summed E-state index contributed by atoms with van der Waals surface area (Å²) in [6, 6.07) is 14.3. The van der Waals surface area contributed by atoms with Gasteiger partial charge in [-0.2, -0.15) is 0 Å². The van der Waals surface area contributed by atoms with Gasteiger partial charge in [-0.25, -0.2) is 4.79 Å². The second-order valence-corrected chi connectivity index (χ2v) is 6.11. The number of hydrogen-bond acceptors (Lipinski definition) is 3. The summed E-state index contributed by atoms with van der Waals surface area (Å²) in [6.45, 7) is 3.87. The van der Waals surface area contributed by atoms with Gasteiger partial charge in [0.2, 0.25) is 5.91 Å². The number of anilines is 1. The fraction of sp³-hybridized carbons (Fsp3) is 0.263. The summed E-state index contributed by atoms with van der Waals surface area (Å²) in [4.78, 5) is 24.1. The van der Waals surface area contributed by atoms with Crippen LogP contribution < -0.4 is 21.3 Å². The van der Waals surface area contributed by atoms with Crippen LogP contribution in [0.5, 0.6) is 0 Å². The summed E-state index contributed by atoms with van der Waals surface area (Å²) in [7, 11) is 0. The van der Waals surface area contributed by atoms with Crippen molar-refractivity contribution in [3.8, 4) is 0 Å². The number of carbonyl (C=O) groups is 2. The van der Waals surface area contributed by atoms with E-state index in [2.05, 4.69) is 33.4 Å². The van der Waals surface area contributed by atoms with Gasteiger partial charge in [-0.1, -0.05) is 36.4 Å². The van der Waals surface area contributed by atoms with Crippen LogP contribution in [0.1, 0.15) is 23.6 Å². The second-order valence-electron chi connectivity index (χ2n) is 6.11. The fourth-order valence-corrected chi connectivity index (χ4v) is 2.75. The number of benzene rings is 2. The lowest BCUT2D eigenvalue weighted by molar-refractivity contribution is -0.122. The highest BCUT2D eigenvalue weighted by molar-refractivity contribution is 5.93. The average Bonchev–Trinajstić information content (AvgIpc) is 3.08. The van der Waals surface area contributed by atoms with Gasteiger partial charge in [-0.05, 0) is 35.7 Å². The van der Waals surface area contributed by atoms with Crippen molar-refractivity contribution in [3.63, 3.8) is 0 Å². The fourth-order valence-electron chi connectivity index (χ4n) is 2.75. The van der Waals surface area contributed by atoms with Crippen molar-refractivity contribution >= 4 is 30.0 Å². The Morgan fingerprint density at radius 1 is 1.08 bits per heavy atom. The van der Waals surface area contributed by atoms with Crippen LogP contribution in [0.25, 0.3) is 0 Å². The lowest BCUT2D eigenvalue weighted by atomic mass is 10.1. The van der Waals surface area contributed by atoms with Gasteiger partial charge in [0.05, 0.1) is 0 Å². The van der Waals surface area contributed by atoms with Gasteiger partial charge >= 0.3 is 6.03 Å². The Balaban J connectivity index is 0.00000243. The highest BCUT2D eigenvalue weighted by Crippen LogP contribution is 2.16. The van der Waals surface area contributed by atoms with Crippen LogP contribution in [0.15, 0.2) is 48.5 Å². The van der Waals surface area contributed by atoms with E-state index in [1.807, 2.05) is 24.3 Å². The number of hydrogen-bond donors (Lipinski definition) is 4. The number of fused-ring (bicyclic) bond motifs is 1. The van der Waals surface area contributed by atoms with Gasteiger partial charge in [0.1, 0.15) is 6.04 Å². The molecule has 0 fully saturated rings. The standard InChI is InChI=1S/C19H22N4O2.ClH/c1-13(22-19(25)23-17-5-3-2-4-6-17)18(24)21-10-14-7-8-15-11-20-12-16(15)9-14;/h2-9,13,20H,10-12H2,1H3,(H,21,24)(H2,22,23,25);1H. The lowest BCUT2D eigenvalue weighted by Gasteiger charge is -2.15. The van der Waals surface area contributed by atoms with Gasteiger partial charge in [0, 0.05) is 25.3 Å². The second kappa shape index (κ2) is 9.22. The first-order chi connectivity index (χ1) is 12.1. The third kappa shape index (κ3) is 5.21. The molecule has 0 aliphatic carbocycles. The third-order valence-corrected chi connectivity index (χ3v) is 4.14. The molecule has 0 saturated carbocycles. The van der Waals surface area contributed by atoms with E-state index in [9.17, 15) is 9.59 Å². The number of nitrogens with one attached hydrogen (secondary N) is 4. The topological polar surface area (TPSA) is 82.3 Å². The molecule has 6 nitrogen and oxygen atoms in total. The van der Waals surface area contributed by atoms with Crippen molar-refractivity contribution in [2.45, 2.75) is 32.6 Å².